The fraction of sp³-hybridized carbons (Fsp3) is 0.841. The van der Waals surface area contributed by atoms with Crippen molar-refractivity contribution in [1.29, 1.82) is 0 Å². The molecule has 1 unspecified atom stereocenters. The van der Waals surface area contributed by atoms with Gasteiger partial charge in [-0.25, -0.2) is 28.9 Å². The molecule has 336 valence electrons. The molecule has 0 radical (unpaired) electrons. The van der Waals surface area contributed by atoms with Gasteiger partial charge in [-0.2, -0.15) is 0 Å². The summed E-state index contributed by atoms with van der Waals surface area (Å²) in [6, 6.07) is -1.66. The quantitative estimate of drug-likeness (QED) is 0.0482. The molecular formula is C44H70N6O10. The van der Waals surface area contributed by atoms with Crippen LogP contribution >= 0.6 is 0 Å². The molecule has 2 heterocycles. The van der Waals surface area contributed by atoms with E-state index >= 15 is 0 Å². The number of hydrogen-bond donors (Lipinski definition) is 2. The summed E-state index contributed by atoms with van der Waals surface area (Å²) in [5.41, 5.74) is 0. The number of urea groups is 1. The average molecular weight is 843 g/mol. The lowest BCUT2D eigenvalue weighted by molar-refractivity contribution is -0.171. The number of imide groups is 1. The van der Waals surface area contributed by atoms with E-state index in [2.05, 4.69) is 15.6 Å². The highest BCUT2D eigenvalue weighted by atomic mass is 16.6. The van der Waals surface area contributed by atoms with Crippen LogP contribution in [0.3, 0.4) is 0 Å². The van der Waals surface area contributed by atoms with Crippen LogP contribution in [0.2, 0.25) is 0 Å². The van der Waals surface area contributed by atoms with Crippen molar-refractivity contribution in [2.24, 2.45) is 34.6 Å². The number of likely N-dealkylation sites (tertiary alicyclic amines) is 1. The minimum Gasteiger partial charge on any atom is -0.464 e. The number of hydrogen-bond acceptors (Lipinski definition) is 11. The van der Waals surface area contributed by atoms with Gasteiger partial charge in [0.2, 0.25) is 11.9 Å². The van der Waals surface area contributed by atoms with Gasteiger partial charge >= 0.3 is 30.3 Å². The normalized spacial score (nSPS) is 23.5. The van der Waals surface area contributed by atoms with E-state index in [1.165, 1.54) is 24.2 Å². The fourth-order valence-corrected chi connectivity index (χ4v) is 9.79. The summed E-state index contributed by atoms with van der Waals surface area (Å²) in [5.74, 6) is -0.731. The van der Waals surface area contributed by atoms with E-state index in [1.54, 1.807) is 4.90 Å². The fourth-order valence-electron chi connectivity index (χ4n) is 9.79. The zero-order valence-corrected chi connectivity index (χ0v) is 35.8. The second-order valence-corrected chi connectivity index (χ2v) is 18.1. The maximum Gasteiger partial charge on any atom is 0.413 e. The van der Waals surface area contributed by atoms with Crippen molar-refractivity contribution in [2.45, 2.75) is 147 Å². The van der Waals surface area contributed by atoms with Crippen LogP contribution in [-0.4, -0.2) is 122 Å². The first-order chi connectivity index (χ1) is 29.2. The number of esters is 1. The van der Waals surface area contributed by atoms with Crippen LogP contribution in [0.15, 0.2) is 4.99 Å². The molecule has 16 nitrogen and oxygen atoms in total. The van der Waals surface area contributed by atoms with E-state index in [0.29, 0.717) is 30.8 Å². The number of piperazine rings is 1. The standard InChI is InChI=1S/C44H70N6O10/c51-38-36(22-13-23-45-40(46-41(53)58-29-33-16-7-2-8-17-33)47-42(54)59-30-34-18-9-3-10-19-34)37(39(52)57-28-32-14-5-1-6-15-32)50(38)43(55)48-24-26-49(27-25-48)44(56)60-31-35-20-11-4-12-21-35/h32-37H,1-31H2,(H2,45,46,47,53,54)/t36-,37?/m1/s1. The molecule has 6 rings (SSSR count). The maximum atomic E-state index is 13.9. The van der Waals surface area contributed by atoms with Crippen LogP contribution in [-0.2, 0) is 28.5 Å². The molecule has 0 aromatic heterocycles. The molecule has 6 aliphatic rings. The first kappa shape index (κ1) is 45.4. The number of carbonyl (C=O) groups excluding carboxylic acids is 6. The summed E-state index contributed by atoms with van der Waals surface area (Å²) >= 11 is 0. The van der Waals surface area contributed by atoms with Gasteiger partial charge in [-0.1, -0.05) is 77.0 Å². The van der Waals surface area contributed by atoms with E-state index < -0.39 is 42.1 Å². The Hall–Kier alpha value is -4.11. The van der Waals surface area contributed by atoms with Gasteiger partial charge in [0.25, 0.3) is 0 Å². The lowest BCUT2D eigenvalue weighted by atomic mass is 9.83. The van der Waals surface area contributed by atoms with Crippen molar-refractivity contribution in [3.63, 3.8) is 0 Å². The zero-order valence-electron chi connectivity index (χ0n) is 35.8. The van der Waals surface area contributed by atoms with E-state index in [1.807, 2.05) is 0 Å². The Morgan fingerprint density at radius 2 is 0.967 bits per heavy atom. The number of nitrogens with zero attached hydrogens (tertiary/aromatic N) is 4. The van der Waals surface area contributed by atoms with Gasteiger partial charge in [0.05, 0.1) is 32.3 Å². The monoisotopic (exact) mass is 843 g/mol. The number of guanidine groups is 1. The third-order valence-corrected chi connectivity index (χ3v) is 13.6. The Morgan fingerprint density at radius 3 is 1.43 bits per heavy atom. The molecule has 2 saturated heterocycles. The Kier molecular flexibility index (Phi) is 18.0. The van der Waals surface area contributed by atoms with Gasteiger partial charge in [-0.3, -0.25) is 20.4 Å². The lowest BCUT2D eigenvalue weighted by Gasteiger charge is -2.46. The van der Waals surface area contributed by atoms with Crippen molar-refractivity contribution in [3.8, 4) is 0 Å². The minimum atomic E-state index is -1.09. The number of nitrogens with one attached hydrogen (secondary N) is 2. The predicted octanol–water partition coefficient (Wildman–Crippen LogP) is 7.14. The van der Waals surface area contributed by atoms with Crippen LogP contribution in [0.25, 0.3) is 0 Å². The molecule has 4 saturated carbocycles. The summed E-state index contributed by atoms with van der Waals surface area (Å²) in [6.45, 7) is 2.27. The molecule has 0 aromatic carbocycles. The molecule has 0 bridgehead atoms. The Balaban J connectivity index is 1.03. The van der Waals surface area contributed by atoms with Gasteiger partial charge in [-0.15, -0.1) is 0 Å². The molecule has 2 aliphatic heterocycles. The van der Waals surface area contributed by atoms with Gasteiger partial charge < -0.3 is 28.7 Å². The van der Waals surface area contributed by atoms with Gasteiger partial charge in [0, 0.05) is 32.7 Å². The Bertz CT molecular complexity index is 1420. The highest BCUT2D eigenvalue weighted by Crippen LogP contribution is 2.34. The van der Waals surface area contributed by atoms with E-state index in [4.69, 9.17) is 18.9 Å². The number of carbonyl (C=O) groups is 6. The summed E-state index contributed by atoms with van der Waals surface area (Å²) < 4.78 is 22.4. The van der Waals surface area contributed by atoms with E-state index in [-0.39, 0.29) is 76.9 Å². The number of aliphatic imine (C=N–C) groups is 1. The third kappa shape index (κ3) is 13.7. The highest BCUT2D eigenvalue weighted by molar-refractivity contribution is 6.08. The molecule has 2 N–H and O–H groups in total. The number of alkyl carbamates (subject to hydrolysis) is 2. The first-order valence-corrected chi connectivity index (χ1v) is 23.4. The maximum absolute atomic E-state index is 13.9. The highest BCUT2D eigenvalue weighted by Gasteiger charge is 2.56. The number of rotatable bonds is 13. The number of β-lactam (4-membered cyclic amide) rings is 1. The van der Waals surface area contributed by atoms with Crippen molar-refractivity contribution >= 4 is 42.1 Å². The predicted molar refractivity (Wildman–Crippen MR) is 222 cm³/mol. The number of amides is 6. The van der Waals surface area contributed by atoms with E-state index in [9.17, 15) is 28.8 Å². The number of ether oxygens (including phenoxy) is 4. The molecule has 0 spiro atoms. The molecule has 16 heteroatoms. The van der Waals surface area contributed by atoms with Crippen LogP contribution in [0.4, 0.5) is 19.2 Å². The summed E-state index contributed by atoms with van der Waals surface area (Å²) in [6.07, 6.45) is 20.5. The van der Waals surface area contributed by atoms with Crippen LogP contribution in [0.1, 0.15) is 141 Å². The Morgan fingerprint density at radius 1 is 0.550 bits per heavy atom. The smallest absolute Gasteiger partial charge is 0.413 e. The van der Waals surface area contributed by atoms with Crippen LogP contribution < -0.4 is 10.6 Å². The van der Waals surface area contributed by atoms with E-state index in [0.717, 1.165) is 114 Å². The molecule has 0 aromatic rings. The average Bonchev–Trinajstić information content (AvgIpc) is 3.28. The van der Waals surface area contributed by atoms with Gasteiger partial charge in [0.1, 0.15) is 0 Å². The van der Waals surface area contributed by atoms with Gasteiger partial charge in [-0.05, 0) is 87.9 Å². The molecule has 6 amide bonds. The lowest BCUT2D eigenvalue weighted by Crippen LogP contribution is -2.69. The van der Waals surface area contributed by atoms with Crippen molar-refractivity contribution in [2.75, 3.05) is 59.2 Å². The molecule has 6 fully saturated rings. The second-order valence-electron chi connectivity index (χ2n) is 18.1. The summed E-state index contributed by atoms with van der Waals surface area (Å²) in [7, 11) is 0. The molecule has 4 aliphatic carbocycles. The molecule has 2 atom stereocenters. The first-order valence-electron chi connectivity index (χ1n) is 23.4. The topological polar surface area (TPSA) is 185 Å². The van der Waals surface area contributed by atoms with Crippen molar-refractivity contribution < 1.29 is 47.7 Å². The minimum absolute atomic E-state index is 0.0987. The largest absolute Gasteiger partial charge is 0.464 e. The summed E-state index contributed by atoms with van der Waals surface area (Å²) in [5, 5.41) is 5.12. The van der Waals surface area contributed by atoms with Crippen LogP contribution in [0, 0.1) is 29.6 Å². The summed E-state index contributed by atoms with van der Waals surface area (Å²) in [4.78, 5) is 88.3. The SMILES string of the molecule is O=C(NC(=NCCC[C@H]1C(=O)N(C(=O)N2CCN(C(=O)OCC3CCCCC3)CC2)C1C(=O)OCC1CCCCC1)NC(=O)OCC1CCCCC1)OCC1CCCCC1. The van der Waals surface area contributed by atoms with Gasteiger partial charge in [0.15, 0.2) is 6.04 Å². The molecule has 60 heavy (non-hydrogen) atoms. The third-order valence-electron chi connectivity index (χ3n) is 13.6. The van der Waals surface area contributed by atoms with Crippen molar-refractivity contribution in [1.82, 2.24) is 25.3 Å². The van der Waals surface area contributed by atoms with Crippen molar-refractivity contribution in [3.05, 3.63) is 0 Å². The zero-order chi connectivity index (χ0) is 42.1. The molecular weight excluding hydrogens is 773 g/mol. The van der Waals surface area contributed by atoms with Crippen LogP contribution in [0.5, 0.6) is 0 Å². The second kappa shape index (κ2) is 23.8. The Labute approximate surface area is 355 Å².